The van der Waals surface area contributed by atoms with E-state index < -0.39 is 0 Å². The molecular weight excluding hydrogens is 254 g/mol. The topological polar surface area (TPSA) is 69.4 Å². The molecule has 0 amide bonds. The summed E-state index contributed by atoms with van der Waals surface area (Å²) < 4.78 is 10.8. The Morgan fingerprint density at radius 1 is 1.35 bits per heavy atom. The van der Waals surface area contributed by atoms with Crippen LogP contribution in [0.4, 0.5) is 5.82 Å². The van der Waals surface area contributed by atoms with Gasteiger partial charge in [-0.05, 0) is 43.4 Å². The molecule has 3 N–H and O–H groups in total. The molecule has 0 saturated carbocycles. The van der Waals surface area contributed by atoms with E-state index >= 15 is 0 Å². The molecule has 20 heavy (non-hydrogen) atoms. The Kier molecular flexibility index (Phi) is 3.60. The first-order valence-corrected chi connectivity index (χ1v) is 6.92. The highest BCUT2D eigenvalue weighted by atomic mass is 16.7. The van der Waals surface area contributed by atoms with E-state index in [4.69, 9.17) is 15.2 Å². The molecule has 0 spiro atoms. The lowest BCUT2D eigenvalue weighted by Crippen LogP contribution is -2.16. The minimum Gasteiger partial charge on any atom is -0.454 e. The second-order valence-corrected chi connectivity index (χ2v) is 5.13. The van der Waals surface area contributed by atoms with Crippen molar-refractivity contribution >= 4 is 16.6 Å². The van der Waals surface area contributed by atoms with Crippen LogP contribution in [0.1, 0.15) is 19.8 Å². The molecule has 0 saturated heterocycles. The number of rotatable bonds is 5. The molecule has 1 aromatic heterocycles. The van der Waals surface area contributed by atoms with Gasteiger partial charge in [-0.15, -0.1) is 0 Å². The first-order chi connectivity index (χ1) is 9.74. The van der Waals surface area contributed by atoms with Crippen LogP contribution < -0.4 is 20.5 Å². The number of ether oxygens (including phenoxy) is 2. The van der Waals surface area contributed by atoms with Gasteiger partial charge in [0, 0.05) is 24.2 Å². The molecule has 0 bridgehead atoms. The summed E-state index contributed by atoms with van der Waals surface area (Å²) in [6.07, 6.45) is 3.84. The molecule has 1 aliphatic heterocycles. The molecule has 106 valence electrons. The second-order valence-electron chi connectivity index (χ2n) is 5.13. The molecular formula is C15H19N3O2. The number of pyridine rings is 1. The van der Waals surface area contributed by atoms with Crippen LogP contribution in [-0.2, 0) is 0 Å². The molecule has 5 nitrogen and oxygen atoms in total. The highest BCUT2D eigenvalue weighted by Crippen LogP contribution is 2.37. The monoisotopic (exact) mass is 273 g/mol. The van der Waals surface area contributed by atoms with Gasteiger partial charge in [0.25, 0.3) is 0 Å². The maximum Gasteiger partial charge on any atom is 0.231 e. The van der Waals surface area contributed by atoms with Crippen LogP contribution in [0.5, 0.6) is 11.5 Å². The Balaban J connectivity index is 1.80. The van der Waals surface area contributed by atoms with Crippen molar-refractivity contribution in [1.82, 2.24) is 4.98 Å². The Morgan fingerprint density at radius 3 is 2.95 bits per heavy atom. The van der Waals surface area contributed by atoms with Gasteiger partial charge in [0.05, 0.1) is 0 Å². The van der Waals surface area contributed by atoms with E-state index in [1.807, 2.05) is 25.1 Å². The Hall–Kier alpha value is -2.01. The summed E-state index contributed by atoms with van der Waals surface area (Å²) >= 11 is 0. The minimum atomic E-state index is 0.242. The number of fused-ring (bicyclic) bond motifs is 2. The molecule has 2 heterocycles. The zero-order valence-electron chi connectivity index (χ0n) is 11.6. The first kappa shape index (κ1) is 13.0. The maximum atomic E-state index is 5.75. The van der Waals surface area contributed by atoms with Crippen molar-refractivity contribution in [3.05, 3.63) is 24.4 Å². The molecule has 0 aliphatic carbocycles. The fourth-order valence-electron chi connectivity index (χ4n) is 2.33. The number of nitrogens with zero attached hydrogens (tertiary/aromatic N) is 1. The van der Waals surface area contributed by atoms with Crippen molar-refractivity contribution in [1.29, 1.82) is 0 Å². The van der Waals surface area contributed by atoms with Crippen molar-refractivity contribution in [2.24, 2.45) is 5.73 Å². The molecule has 0 fully saturated rings. The van der Waals surface area contributed by atoms with Crippen LogP contribution in [-0.4, -0.2) is 24.4 Å². The standard InChI is InChI=1S/C15H19N3O2/c1-10(16)3-2-5-17-15-12-8-14-13(19-9-20-14)7-11(12)4-6-18-15/h4,6-8,10H,2-3,5,9,16H2,1H3,(H,17,18). The van der Waals surface area contributed by atoms with E-state index in [0.717, 1.165) is 47.5 Å². The van der Waals surface area contributed by atoms with Crippen LogP contribution in [0, 0.1) is 0 Å². The third kappa shape index (κ3) is 2.63. The van der Waals surface area contributed by atoms with Gasteiger partial charge in [0.2, 0.25) is 6.79 Å². The average Bonchev–Trinajstić information content (AvgIpc) is 2.88. The van der Waals surface area contributed by atoms with Crippen LogP contribution in [0.2, 0.25) is 0 Å². The third-order valence-electron chi connectivity index (χ3n) is 3.39. The summed E-state index contributed by atoms with van der Waals surface area (Å²) in [6, 6.07) is 6.20. The lowest BCUT2D eigenvalue weighted by atomic mass is 10.1. The molecule has 1 atom stereocenters. The van der Waals surface area contributed by atoms with Gasteiger partial charge in [0.15, 0.2) is 11.5 Å². The number of nitrogens with two attached hydrogens (primary N) is 1. The predicted octanol–water partition coefficient (Wildman–Crippen LogP) is 2.50. The largest absolute Gasteiger partial charge is 0.454 e. The van der Waals surface area contributed by atoms with Gasteiger partial charge in [-0.2, -0.15) is 0 Å². The molecule has 1 unspecified atom stereocenters. The lowest BCUT2D eigenvalue weighted by molar-refractivity contribution is 0.174. The van der Waals surface area contributed by atoms with E-state index in [1.165, 1.54) is 0 Å². The second kappa shape index (κ2) is 5.54. The van der Waals surface area contributed by atoms with Gasteiger partial charge in [-0.25, -0.2) is 4.98 Å². The zero-order chi connectivity index (χ0) is 13.9. The quantitative estimate of drug-likeness (QED) is 0.819. The summed E-state index contributed by atoms with van der Waals surface area (Å²) in [7, 11) is 0. The number of anilines is 1. The van der Waals surface area contributed by atoms with E-state index in [2.05, 4.69) is 10.3 Å². The average molecular weight is 273 g/mol. The van der Waals surface area contributed by atoms with Crippen LogP contribution in [0.3, 0.4) is 0 Å². The molecule has 5 heteroatoms. The summed E-state index contributed by atoms with van der Waals surface area (Å²) in [4.78, 5) is 4.41. The summed E-state index contributed by atoms with van der Waals surface area (Å²) in [5, 5.41) is 5.52. The van der Waals surface area contributed by atoms with Crippen molar-refractivity contribution in [3.8, 4) is 11.5 Å². The molecule has 2 aromatic rings. The van der Waals surface area contributed by atoms with E-state index in [-0.39, 0.29) is 12.8 Å². The van der Waals surface area contributed by atoms with Crippen LogP contribution in [0.15, 0.2) is 24.4 Å². The lowest BCUT2D eigenvalue weighted by Gasteiger charge is -2.10. The highest BCUT2D eigenvalue weighted by Gasteiger charge is 2.15. The van der Waals surface area contributed by atoms with Gasteiger partial charge >= 0.3 is 0 Å². The van der Waals surface area contributed by atoms with Gasteiger partial charge in [0.1, 0.15) is 5.82 Å². The number of hydrogen-bond acceptors (Lipinski definition) is 5. The maximum absolute atomic E-state index is 5.75. The zero-order valence-corrected chi connectivity index (χ0v) is 11.6. The fourth-order valence-corrected chi connectivity index (χ4v) is 2.33. The smallest absolute Gasteiger partial charge is 0.231 e. The highest BCUT2D eigenvalue weighted by molar-refractivity contribution is 5.94. The first-order valence-electron chi connectivity index (χ1n) is 6.92. The van der Waals surface area contributed by atoms with Crippen LogP contribution >= 0.6 is 0 Å². The SMILES string of the molecule is CC(N)CCCNc1nccc2cc3c(cc12)OCO3. The molecule has 1 aromatic carbocycles. The Morgan fingerprint density at radius 2 is 2.15 bits per heavy atom. The Labute approximate surface area is 118 Å². The number of benzene rings is 1. The van der Waals surface area contributed by atoms with Gasteiger partial charge in [-0.1, -0.05) is 0 Å². The Bertz CT molecular complexity index is 613. The molecule has 1 aliphatic rings. The minimum absolute atomic E-state index is 0.242. The molecule has 0 radical (unpaired) electrons. The summed E-state index contributed by atoms with van der Waals surface area (Å²) in [5.74, 6) is 2.46. The fraction of sp³-hybridized carbons (Fsp3) is 0.400. The van der Waals surface area contributed by atoms with E-state index in [1.54, 1.807) is 6.20 Å². The van der Waals surface area contributed by atoms with Crippen molar-refractivity contribution in [2.45, 2.75) is 25.8 Å². The number of nitrogens with one attached hydrogen (secondary N) is 1. The predicted molar refractivity (Wildman–Crippen MR) is 79.2 cm³/mol. The van der Waals surface area contributed by atoms with Gasteiger partial charge in [-0.3, -0.25) is 0 Å². The van der Waals surface area contributed by atoms with E-state index in [0.29, 0.717) is 0 Å². The van der Waals surface area contributed by atoms with Crippen molar-refractivity contribution in [3.63, 3.8) is 0 Å². The van der Waals surface area contributed by atoms with Gasteiger partial charge < -0.3 is 20.5 Å². The number of aromatic nitrogens is 1. The summed E-state index contributed by atoms with van der Waals surface area (Å²) in [5.41, 5.74) is 5.75. The normalized spacial score (nSPS) is 14.5. The summed E-state index contributed by atoms with van der Waals surface area (Å²) in [6.45, 7) is 3.18. The van der Waals surface area contributed by atoms with E-state index in [9.17, 15) is 0 Å². The van der Waals surface area contributed by atoms with Crippen molar-refractivity contribution in [2.75, 3.05) is 18.7 Å². The van der Waals surface area contributed by atoms with Crippen molar-refractivity contribution < 1.29 is 9.47 Å². The number of hydrogen-bond donors (Lipinski definition) is 2. The van der Waals surface area contributed by atoms with Crippen LogP contribution in [0.25, 0.3) is 10.8 Å². The third-order valence-corrected chi connectivity index (χ3v) is 3.39. The molecule has 3 rings (SSSR count).